The first-order valence-corrected chi connectivity index (χ1v) is 6.31. The lowest BCUT2D eigenvalue weighted by Crippen LogP contribution is -2.36. The third-order valence-corrected chi connectivity index (χ3v) is 2.88. The Morgan fingerprint density at radius 3 is 2.65 bits per heavy atom. The fourth-order valence-corrected chi connectivity index (χ4v) is 1.76. The Balaban J connectivity index is 3.06. The maximum Gasteiger partial charge on any atom is 0.312 e. The van der Waals surface area contributed by atoms with Crippen molar-refractivity contribution in [3.8, 4) is 6.07 Å². The summed E-state index contributed by atoms with van der Waals surface area (Å²) in [6.07, 6.45) is 1.34. The number of nitrogens with one attached hydrogen (secondary N) is 1. The minimum atomic E-state index is -0.525. The van der Waals surface area contributed by atoms with Crippen LogP contribution in [0.2, 0.25) is 0 Å². The Morgan fingerprint density at radius 1 is 1.55 bits per heavy atom. The van der Waals surface area contributed by atoms with E-state index < -0.39 is 4.92 Å². The summed E-state index contributed by atoms with van der Waals surface area (Å²) in [7, 11) is 3.88. The third-order valence-electron chi connectivity index (χ3n) is 2.88. The molecular formula is C13H19N5O2. The van der Waals surface area contributed by atoms with Crippen molar-refractivity contribution in [2.45, 2.75) is 19.9 Å². The topological polar surface area (TPSA) is 95.1 Å². The fraction of sp³-hybridized carbons (Fsp3) is 0.538. The molecule has 0 amide bonds. The van der Waals surface area contributed by atoms with E-state index in [1.165, 1.54) is 12.3 Å². The van der Waals surface area contributed by atoms with E-state index in [4.69, 9.17) is 5.26 Å². The molecule has 0 aliphatic rings. The smallest absolute Gasteiger partial charge is 0.312 e. The number of likely N-dealkylation sites (N-methyl/N-ethyl adjacent to an activating group) is 1. The Labute approximate surface area is 118 Å². The van der Waals surface area contributed by atoms with E-state index in [0.29, 0.717) is 0 Å². The zero-order valence-corrected chi connectivity index (χ0v) is 12.1. The molecule has 0 saturated carbocycles. The van der Waals surface area contributed by atoms with Crippen molar-refractivity contribution in [1.82, 2.24) is 9.88 Å². The Kier molecular flexibility index (Phi) is 5.41. The van der Waals surface area contributed by atoms with E-state index in [9.17, 15) is 10.1 Å². The molecule has 0 aliphatic carbocycles. The molecule has 1 aromatic rings. The Bertz CT molecular complexity index is 522. The number of nitrogens with zero attached hydrogens (tertiary/aromatic N) is 4. The summed E-state index contributed by atoms with van der Waals surface area (Å²) >= 11 is 0. The van der Waals surface area contributed by atoms with Crippen LogP contribution in [0.25, 0.3) is 0 Å². The minimum absolute atomic E-state index is 0.0316. The fourth-order valence-electron chi connectivity index (χ4n) is 1.76. The van der Waals surface area contributed by atoms with Crippen LogP contribution in [0, 0.1) is 27.4 Å². The lowest BCUT2D eigenvalue weighted by molar-refractivity contribution is -0.384. The van der Waals surface area contributed by atoms with Crippen LogP contribution in [0.1, 0.15) is 19.4 Å². The van der Waals surface area contributed by atoms with Gasteiger partial charge in [-0.1, -0.05) is 13.8 Å². The van der Waals surface area contributed by atoms with Crippen molar-refractivity contribution in [3.05, 3.63) is 27.9 Å². The molecule has 1 rings (SSSR count). The molecule has 1 N–H and O–H groups in total. The van der Waals surface area contributed by atoms with Crippen molar-refractivity contribution in [2.75, 3.05) is 26.0 Å². The monoisotopic (exact) mass is 277 g/mol. The minimum Gasteiger partial charge on any atom is -0.360 e. The highest BCUT2D eigenvalue weighted by Gasteiger charge is 2.21. The molecule has 0 bridgehead atoms. The highest BCUT2D eigenvalue weighted by Crippen LogP contribution is 2.24. The summed E-state index contributed by atoms with van der Waals surface area (Å²) in [5.74, 6) is 0.490. The molecule has 108 valence electrons. The molecule has 1 heterocycles. The van der Waals surface area contributed by atoms with Crippen molar-refractivity contribution in [3.63, 3.8) is 0 Å². The molecule has 0 radical (unpaired) electrons. The van der Waals surface area contributed by atoms with Gasteiger partial charge < -0.3 is 10.2 Å². The van der Waals surface area contributed by atoms with Crippen molar-refractivity contribution < 1.29 is 4.92 Å². The third kappa shape index (κ3) is 4.17. The molecule has 7 heteroatoms. The highest BCUT2D eigenvalue weighted by atomic mass is 16.6. The maximum atomic E-state index is 11.1. The first kappa shape index (κ1) is 15.9. The molecule has 0 spiro atoms. The second-order valence-electron chi connectivity index (χ2n) is 5.22. The van der Waals surface area contributed by atoms with Crippen molar-refractivity contribution in [2.24, 2.45) is 5.92 Å². The van der Waals surface area contributed by atoms with E-state index in [1.807, 2.05) is 38.9 Å². The largest absolute Gasteiger partial charge is 0.360 e. The van der Waals surface area contributed by atoms with E-state index in [-0.39, 0.29) is 29.0 Å². The predicted octanol–water partition coefficient (Wildman–Crippen LogP) is 1.86. The molecule has 1 aromatic heterocycles. The molecule has 0 aromatic carbocycles. The van der Waals surface area contributed by atoms with Crippen molar-refractivity contribution >= 4 is 11.5 Å². The Morgan fingerprint density at radius 2 is 2.20 bits per heavy atom. The van der Waals surface area contributed by atoms with Crippen LogP contribution in [0.4, 0.5) is 11.5 Å². The van der Waals surface area contributed by atoms with Crippen LogP contribution >= 0.6 is 0 Å². The maximum absolute atomic E-state index is 11.1. The first-order chi connectivity index (χ1) is 9.35. The van der Waals surface area contributed by atoms with Gasteiger partial charge in [-0.15, -0.1) is 0 Å². The van der Waals surface area contributed by atoms with Gasteiger partial charge in [0.2, 0.25) is 5.82 Å². The summed E-state index contributed by atoms with van der Waals surface area (Å²) in [5.41, 5.74) is 0.00409. The van der Waals surface area contributed by atoms with E-state index >= 15 is 0 Å². The number of anilines is 1. The Hall–Kier alpha value is -2.20. The molecular weight excluding hydrogens is 258 g/mol. The van der Waals surface area contributed by atoms with Crippen LogP contribution in [-0.4, -0.2) is 41.5 Å². The average Bonchev–Trinajstić information content (AvgIpc) is 2.37. The standard InChI is InChI=1S/C13H19N5O2/c1-9(2)11(8-17(3)4)16-13-12(18(19)20)5-10(6-14)7-15-13/h5,7,9,11H,8H2,1-4H3,(H,15,16). The van der Waals surface area contributed by atoms with Crippen molar-refractivity contribution in [1.29, 1.82) is 5.26 Å². The van der Waals surface area contributed by atoms with Crippen LogP contribution in [-0.2, 0) is 0 Å². The number of hydrogen-bond acceptors (Lipinski definition) is 6. The van der Waals surface area contributed by atoms with Gasteiger partial charge in [0.05, 0.1) is 10.5 Å². The van der Waals surface area contributed by atoms with Gasteiger partial charge in [0.25, 0.3) is 0 Å². The number of aromatic nitrogens is 1. The second kappa shape index (κ2) is 6.82. The molecule has 0 saturated heterocycles. The van der Waals surface area contributed by atoms with Gasteiger partial charge in [-0.05, 0) is 20.0 Å². The summed E-state index contributed by atoms with van der Waals surface area (Å²) in [6.45, 7) is 4.81. The van der Waals surface area contributed by atoms with Gasteiger partial charge >= 0.3 is 5.69 Å². The number of hydrogen-bond donors (Lipinski definition) is 1. The van der Waals surface area contributed by atoms with Gasteiger partial charge in [0, 0.05) is 24.8 Å². The zero-order chi connectivity index (χ0) is 15.3. The van der Waals surface area contributed by atoms with Gasteiger partial charge in [-0.3, -0.25) is 10.1 Å². The predicted molar refractivity (Wildman–Crippen MR) is 76.4 cm³/mol. The van der Waals surface area contributed by atoms with Crippen LogP contribution < -0.4 is 5.32 Å². The normalized spacial score (nSPS) is 12.2. The van der Waals surface area contributed by atoms with Crippen LogP contribution in [0.5, 0.6) is 0 Å². The number of nitriles is 1. The van der Waals surface area contributed by atoms with Gasteiger partial charge in [0.1, 0.15) is 6.07 Å². The summed E-state index contributed by atoms with van der Waals surface area (Å²) in [5, 5.41) is 23.0. The molecule has 20 heavy (non-hydrogen) atoms. The molecule has 1 atom stereocenters. The number of rotatable bonds is 6. The van der Waals surface area contributed by atoms with E-state index in [0.717, 1.165) is 6.54 Å². The molecule has 0 aliphatic heterocycles. The average molecular weight is 277 g/mol. The SMILES string of the molecule is CC(C)C(CN(C)C)Nc1ncc(C#N)cc1[N+](=O)[O-]. The number of nitro groups is 1. The summed E-state index contributed by atoms with van der Waals surface area (Å²) in [4.78, 5) is 16.6. The highest BCUT2D eigenvalue weighted by molar-refractivity contribution is 5.58. The lowest BCUT2D eigenvalue weighted by Gasteiger charge is -2.25. The molecule has 7 nitrogen and oxygen atoms in total. The second-order valence-corrected chi connectivity index (χ2v) is 5.22. The zero-order valence-electron chi connectivity index (χ0n) is 12.1. The van der Waals surface area contributed by atoms with E-state index in [2.05, 4.69) is 10.3 Å². The summed E-state index contributed by atoms with van der Waals surface area (Å²) < 4.78 is 0. The summed E-state index contributed by atoms with van der Waals surface area (Å²) in [6, 6.07) is 3.12. The molecule has 0 fully saturated rings. The van der Waals surface area contributed by atoms with Crippen LogP contribution in [0.3, 0.4) is 0 Å². The molecule has 1 unspecified atom stereocenters. The lowest BCUT2D eigenvalue weighted by atomic mass is 10.0. The van der Waals surface area contributed by atoms with E-state index in [1.54, 1.807) is 0 Å². The van der Waals surface area contributed by atoms with Gasteiger partial charge in [-0.25, -0.2) is 4.98 Å². The quantitative estimate of drug-likeness (QED) is 0.630. The number of pyridine rings is 1. The van der Waals surface area contributed by atoms with Gasteiger partial charge in [-0.2, -0.15) is 5.26 Å². The van der Waals surface area contributed by atoms with Crippen LogP contribution in [0.15, 0.2) is 12.3 Å². The van der Waals surface area contributed by atoms with Gasteiger partial charge in [0.15, 0.2) is 0 Å². The first-order valence-electron chi connectivity index (χ1n) is 6.31.